The number of unbranched alkanes of at least 4 members (excludes halogenated alkanes) is 1. The number of Topliss-reactive ketones (excluding diaryl/α,β-unsaturated/α-hetero) is 1. The van der Waals surface area contributed by atoms with E-state index in [2.05, 4.69) is 60.6 Å². The van der Waals surface area contributed by atoms with Crippen LogP contribution in [0, 0.1) is 0 Å². The van der Waals surface area contributed by atoms with E-state index in [4.69, 9.17) is 9.47 Å². The number of benzene rings is 1. The second kappa shape index (κ2) is 11.1. The van der Waals surface area contributed by atoms with Crippen molar-refractivity contribution in [2.24, 2.45) is 0 Å². The largest absolute Gasteiger partial charge is 0.373 e. The van der Waals surface area contributed by atoms with E-state index in [1.807, 2.05) is 18.2 Å². The maximum Gasteiger partial charge on any atom is 0.158 e. The quantitative estimate of drug-likeness (QED) is 0.318. The Morgan fingerprint density at radius 2 is 1.55 bits per heavy atom. The molecule has 2 rings (SSSR count). The van der Waals surface area contributed by atoms with Crippen LogP contribution < -0.4 is 0 Å². The molecule has 0 saturated carbocycles. The Hall–Kier alpha value is -1.23. The van der Waals surface area contributed by atoms with Crippen LogP contribution in [0.4, 0.5) is 0 Å². The van der Waals surface area contributed by atoms with Gasteiger partial charge in [0.15, 0.2) is 5.78 Å². The van der Waals surface area contributed by atoms with Gasteiger partial charge in [-0.15, -0.1) is 0 Å². The van der Waals surface area contributed by atoms with Crippen LogP contribution in [0.15, 0.2) is 41.1 Å². The van der Waals surface area contributed by atoms with Gasteiger partial charge in [-0.2, -0.15) is 0 Å². The van der Waals surface area contributed by atoms with E-state index in [0.29, 0.717) is 42.0 Å². The van der Waals surface area contributed by atoms with E-state index in [9.17, 15) is 4.79 Å². The molecule has 0 saturated heterocycles. The van der Waals surface area contributed by atoms with Gasteiger partial charge < -0.3 is 9.47 Å². The van der Waals surface area contributed by atoms with E-state index in [1.165, 1.54) is 0 Å². The predicted molar refractivity (Wildman–Crippen MR) is 133 cm³/mol. The normalized spacial score (nSPS) is 20.0. The predicted octanol–water partition coefficient (Wildman–Crippen LogP) is 7.27. The number of rotatable bonds is 12. The van der Waals surface area contributed by atoms with E-state index in [-0.39, 0.29) is 0 Å². The van der Waals surface area contributed by atoms with Gasteiger partial charge in [-0.3, -0.25) is 4.79 Å². The van der Waals surface area contributed by atoms with Crippen molar-refractivity contribution in [3.63, 3.8) is 0 Å². The lowest BCUT2D eigenvalue weighted by atomic mass is 9.89. The third-order valence-electron chi connectivity index (χ3n) is 7.56. The van der Waals surface area contributed by atoms with Gasteiger partial charge in [0, 0.05) is 13.5 Å². The number of hydrogen-bond donors (Lipinski definition) is 0. The third kappa shape index (κ3) is 5.07. The zero-order chi connectivity index (χ0) is 23.2. The van der Waals surface area contributed by atoms with Gasteiger partial charge in [-0.25, -0.2) is 0 Å². The fourth-order valence-electron chi connectivity index (χ4n) is 6.27. The van der Waals surface area contributed by atoms with Gasteiger partial charge in [0.1, 0.15) is 0 Å². The van der Waals surface area contributed by atoms with Gasteiger partial charge in [-0.05, 0) is 39.4 Å². The lowest BCUT2D eigenvalue weighted by Crippen LogP contribution is -2.49. The zero-order valence-corrected chi connectivity index (χ0v) is 22.1. The first kappa shape index (κ1) is 26.0. The number of ketones is 1. The number of hydrogen-bond acceptors (Lipinski definition) is 3. The first-order valence-corrected chi connectivity index (χ1v) is 14.3. The summed E-state index contributed by atoms with van der Waals surface area (Å²) in [6.07, 6.45) is 3.51. The van der Waals surface area contributed by atoms with Crippen LogP contribution in [-0.2, 0) is 20.9 Å². The Kier molecular flexibility index (Phi) is 9.29. The standard InChI is InChI=1S/C27H44O3Si/c1-9-10-16-27(29-8)17-25(28)26(31(20(2)3,21(4)5)22(6)7)24(27)19-30-18-23-14-12-11-13-15-23/h11-15,20-22H,9-10,16-19H2,1-8H3. The fraction of sp³-hybridized carbons (Fsp3) is 0.667. The summed E-state index contributed by atoms with van der Waals surface area (Å²) in [5.41, 5.74) is 3.26. The minimum atomic E-state index is -2.12. The van der Waals surface area contributed by atoms with Crippen LogP contribution in [0.1, 0.15) is 79.7 Å². The van der Waals surface area contributed by atoms with Gasteiger partial charge in [0.05, 0.1) is 26.9 Å². The fourth-order valence-corrected chi connectivity index (χ4v) is 13.4. The van der Waals surface area contributed by atoms with Gasteiger partial charge in [-0.1, -0.05) is 91.6 Å². The number of carbonyl (C=O) groups excluding carboxylic acids is 1. The lowest BCUT2D eigenvalue weighted by Gasteiger charge is -2.45. The Labute approximate surface area is 191 Å². The number of allylic oxidation sites excluding steroid dienone is 1. The summed E-state index contributed by atoms with van der Waals surface area (Å²) in [6.45, 7) is 17.2. The molecule has 1 aliphatic rings. The minimum Gasteiger partial charge on any atom is -0.373 e. The molecule has 1 unspecified atom stereocenters. The third-order valence-corrected chi connectivity index (χ3v) is 14.7. The van der Waals surface area contributed by atoms with E-state index in [0.717, 1.165) is 35.6 Å². The summed E-state index contributed by atoms with van der Waals surface area (Å²) >= 11 is 0. The summed E-state index contributed by atoms with van der Waals surface area (Å²) in [5, 5.41) is 1.14. The highest BCUT2D eigenvalue weighted by Crippen LogP contribution is 2.53. The topological polar surface area (TPSA) is 35.5 Å². The highest BCUT2D eigenvalue weighted by atomic mass is 28.3. The van der Waals surface area contributed by atoms with Gasteiger partial charge in [0.2, 0.25) is 0 Å². The molecule has 0 radical (unpaired) electrons. The molecule has 0 heterocycles. The van der Waals surface area contributed by atoms with Crippen molar-refractivity contribution >= 4 is 13.9 Å². The highest BCUT2D eigenvalue weighted by molar-refractivity contribution is 6.93. The van der Waals surface area contributed by atoms with Crippen LogP contribution in [-0.4, -0.2) is 33.2 Å². The molecule has 0 aliphatic heterocycles. The van der Waals surface area contributed by atoms with Gasteiger partial charge in [0.25, 0.3) is 0 Å². The molecule has 0 bridgehead atoms. The molecule has 4 heteroatoms. The summed E-state index contributed by atoms with van der Waals surface area (Å²) in [6, 6.07) is 10.3. The van der Waals surface area contributed by atoms with Crippen molar-refractivity contribution in [3.05, 3.63) is 46.7 Å². The minimum absolute atomic E-state index is 0.319. The molecule has 31 heavy (non-hydrogen) atoms. The number of methoxy groups -OCH3 is 1. The van der Waals surface area contributed by atoms with Crippen LogP contribution in [0.3, 0.4) is 0 Å². The maximum absolute atomic E-state index is 13.8. The van der Waals surface area contributed by atoms with E-state index in [1.54, 1.807) is 7.11 Å². The Balaban J connectivity index is 2.58. The lowest BCUT2D eigenvalue weighted by molar-refractivity contribution is -0.118. The second-order valence-electron chi connectivity index (χ2n) is 10.1. The summed E-state index contributed by atoms with van der Waals surface area (Å²) in [5.74, 6) is 0.319. The Bertz CT molecular complexity index is 729. The molecular formula is C27H44O3Si. The molecule has 1 aliphatic carbocycles. The molecule has 0 N–H and O–H groups in total. The van der Waals surface area contributed by atoms with Crippen molar-refractivity contribution in [1.82, 2.24) is 0 Å². The molecule has 0 amide bonds. The molecular weight excluding hydrogens is 400 g/mol. The number of ether oxygens (including phenoxy) is 2. The molecule has 174 valence electrons. The monoisotopic (exact) mass is 444 g/mol. The van der Waals surface area contributed by atoms with Crippen LogP contribution in [0.5, 0.6) is 0 Å². The maximum atomic E-state index is 13.8. The molecule has 0 fully saturated rings. The molecule has 1 atom stereocenters. The average Bonchev–Trinajstić information content (AvgIpc) is 2.99. The van der Waals surface area contributed by atoms with E-state index < -0.39 is 13.7 Å². The van der Waals surface area contributed by atoms with Crippen molar-refractivity contribution in [2.45, 2.75) is 103 Å². The number of carbonyl (C=O) groups is 1. The van der Waals surface area contributed by atoms with Crippen molar-refractivity contribution in [2.75, 3.05) is 13.7 Å². The van der Waals surface area contributed by atoms with E-state index >= 15 is 0 Å². The molecule has 1 aromatic rings. The van der Waals surface area contributed by atoms with Gasteiger partial charge >= 0.3 is 0 Å². The first-order valence-electron chi connectivity index (χ1n) is 12.1. The molecule has 1 aromatic carbocycles. The van der Waals surface area contributed by atoms with Crippen molar-refractivity contribution < 1.29 is 14.3 Å². The Morgan fingerprint density at radius 3 is 2.03 bits per heavy atom. The Morgan fingerprint density at radius 1 is 0.968 bits per heavy atom. The van der Waals surface area contributed by atoms with Crippen molar-refractivity contribution in [3.8, 4) is 0 Å². The average molecular weight is 445 g/mol. The second-order valence-corrected chi connectivity index (χ2v) is 16.0. The highest BCUT2D eigenvalue weighted by Gasteiger charge is 2.56. The van der Waals surface area contributed by atoms with Crippen LogP contribution in [0.2, 0.25) is 16.6 Å². The molecule has 0 aromatic heterocycles. The SMILES string of the molecule is CCCCC1(OC)CC(=O)C([Si](C(C)C)(C(C)C)C(C)C)=C1COCc1ccccc1. The van der Waals surface area contributed by atoms with Crippen molar-refractivity contribution in [1.29, 1.82) is 0 Å². The zero-order valence-electron chi connectivity index (χ0n) is 21.1. The summed E-state index contributed by atoms with van der Waals surface area (Å²) in [4.78, 5) is 13.8. The summed E-state index contributed by atoms with van der Waals surface area (Å²) in [7, 11) is -0.340. The van der Waals surface area contributed by atoms with Crippen LogP contribution >= 0.6 is 0 Å². The molecule has 3 nitrogen and oxygen atoms in total. The first-order chi connectivity index (χ1) is 14.7. The summed E-state index contributed by atoms with van der Waals surface area (Å²) < 4.78 is 12.5. The smallest absolute Gasteiger partial charge is 0.158 e. The molecule has 0 spiro atoms. The van der Waals surface area contributed by atoms with Crippen LogP contribution in [0.25, 0.3) is 0 Å².